The minimum Gasteiger partial charge on any atom is -0.336 e. The molecule has 3 atom stereocenters. The monoisotopic (exact) mass is 253 g/mol. The van der Waals surface area contributed by atoms with Crippen molar-refractivity contribution in [1.82, 2.24) is 15.1 Å². The predicted molar refractivity (Wildman–Crippen MR) is 73.5 cm³/mol. The van der Waals surface area contributed by atoms with Crippen molar-refractivity contribution < 1.29 is 4.79 Å². The number of likely N-dealkylation sites (tertiary alicyclic amines) is 1. The predicted octanol–water partition coefficient (Wildman–Crippen LogP) is 1.07. The molecule has 0 aliphatic carbocycles. The van der Waals surface area contributed by atoms with E-state index in [-0.39, 0.29) is 0 Å². The van der Waals surface area contributed by atoms with Crippen molar-refractivity contribution in [2.24, 2.45) is 0 Å². The molecule has 104 valence electrons. The van der Waals surface area contributed by atoms with Gasteiger partial charge in [0.15, 0.2) is 0 Å². The highest BCUT2D eigenvalue weighted by Crippen LogP contribution is 2.22. The standard InChI is InChI=1S/C14H27N3O/c1-11-9-16(8-7-15-11)10-14(18)17-12(2)5-4-6-13(17)3/h11-13,15H,4-10H2,1-3H3/t11-,12?,13?/m0/s1. The Hall–Kier alpha value is -0.610. The number of carbonyl (C=O) groups is 1. The largest absolute Gasteiger partial charge is 0.336 e. The number of carbonyl (C=O) groups excluding carboxylic acids is 1. The maximum atomic E-state index is 12.5. The van der Waals surface area contributed by atoms with Gasteiger partial charge < -0.3 is 10.2 Å². The molecule has 18 heavy (non-hydrogen) atoms. The van der Waals surface area contributed by atoms with Gasteiger partial charge in [0.2, 0.25) is 5.91 Å². The average Bonchev–Trinajstić information content (AvgIpc) is 2.28. The third-order valence-corrected chi connectivity index (χ3v) is 4.29. The summed E-state index contributed by atoms with van der Waals surface area (Å²) < 4.78 is 0. The molecule has 0 aromatic rings. The quantitative estimate of drug-likeness (QED) is 0.799. The molecular weight excluding hydrogens is 226 g/mol. The van der Waals surface area contributed by atoms with Gasteiger partial charge in [0, 0.05) is 37.8 Å². The van der Waals surface area contributed by atoms with E-state index in [1.54, 1.807) is 0 Å². The zero-order valence-electron chi connectivity index (χ0n) is 12.0. The van der Waals surface area contributed by atoms with Crippen LogP contribution in [0.3, 0.4) is 0 Å². The van der Waals surface area contributed by atoms with Gasteiger partial charge in [-0.2, -0.15) is 0 Å². The number of nitrogens with one attached hydrogen (secondary N) is 1. The molecule has 0 saturated carbocycles. The minimum absolute atomic E-state index is 0.323. The van der Waals surface area contributed by atoms with Gasteiger partial charge in [0.1, 0.15) is 0 Å². The molecule has 4 nitrogen and oxygen atoms in total. The third-order valence-electron chi connectivity index (χ3n) is 4.29. The number of hydrogen-bond donors (Lipinski definition) is 1. The molecule has 2 heterocycles. The summed E-state index contributed by atoms with van der Waals surface area (Å²) in [6.07, 6.45) is 3.58. The van der Waals surface area contributed by atoms with Gasteiger partial charge >= 0.3 is 0 Å². The van der Waals surface area contributed by atoms with E-state index in [1.165, 1.54) is 6.42 Å². The van der Waals surface area contributed by atoms with Crippen LogP contribution in [0.5, 0.6) is 0 Å². The van der Waals surface area contributed by atoms with Gasteiger partial charge in [-0.1, -0.05) is 0 Å². The molecule has 2 aliphatic rings. The van der Waals surface area contributed by atoms with Crippen molar-refractivity contribution >= 4 is 5.91 Å². The van der Waals surface area contributed by atoms with Crippen LogP contribution in [0.2, 0.25) is 0 Å². The maximum absolute atomic E-state index is 12.5. The lowest BCUT2D eigenvalue weighted by atomic mass is 9.97. The number of piperidine rings is 1. The molecule has 2 saturated heterocycles. The molecule has 0 bridgehead atoms. The molecule has 2 aliphatic heterocycles. The van der Waals surface area contributed by atoms with Gasteiger partial charge in [0.05, 0.1) is 6.54 Å². The summed E-state index contributed by atoms with van der Waals surface area (Å²) in [6, 6.07) is 1.34. The normalized spacial score (nSPS) is 34.6. The smallest absolute Gasteiger partial charge is 0.237 e. The van der Waals surface area contributed by atoms with Gasteiger partial charge in [-0.05, 0) is 40.0 Å². The lowest BCUT2D eigenvalue weighted by Crippen LogP contribution is -2.55. The molecular formula is C14H27N3O. The summed E-state index contributed by atoms with van der Waals surface area (Å²) >= 11 is 0. The van der Waals surface area contributed by atoms with Crippen molar-refractivity contribution in [2.75, 3.05) is 26.2 Å². The third kappa shape index (κ3) is 3.23. The first-order valence-corrected chi connectivity index (χ1v) is 7.35. The molecule has 2 unspecified atom stereocenters. The topological polar surface area (TPSA) is 35.6 Å². The molecule has 4 heteroatoms. The Morgan fingerprint density at radius 3 is 2.50 bits per heavy atom. The zero-order valence-corrected chi connectivity index (χ0v) is 12.0. The second-order valence-electron chi connectivity index (χ2n) is 6.02. The Labute approximate surface area is 111 Å². The van der Waals surface area contributed by atoms with E-state index in [0.717, 1.165) is 32.5 Å². The van der Waals surface area contributed by atoms with Gasteiger partial charge in [0.25, 0.3) is 0 Å². The van der Waals surface area contributed by atoms with E-state index >= 15 is 0 Å². The summed E-state index contributed by atoms with van der Waals surface area (Å²) in [6.45, 7) is 10.1. The number of hydrogen-bond acceptors (Lipinski definition) is 3. The Balaban J connectivity index is 1.89. The molecule has 0 aromatic heterocycles. The van der Waals surface area contributed by atoms with Crippen LogP contribution in [0.25, 0.3) is 0 Å². The summed E-state index contributed by atoms with van der Waals surface area (Å²) in [5, 5.41) is 3.42. The molecule has 2 rings (SSSR count). The Morgan fingerprint density at radius 1 is 1.22 bits per heavy atom. The van der Waals surface area contributed by atoms with Crippen LogP contribution in [-0.4, -0.2) is 60.0 Å². The highest BCUT2D eigenvalue weighted by atomic mass is 16.2. The lowest BCUT2D eigenvalue weighted by Gasteiger charge is -2.41. The van der Waals surface area contributed by atoms with Crippen molar-refractivity contribution in [3.8, 4) is 0 Å². The molecule has 2 fully saturated rings. The number of amides is 1. The Kier molecular flexibility index (Phi) is 4.62. The highest BCUT2D eigenvalue weighted by Gasteiger charge is 2.30. The number of piperazine rings is 1. The first kappa shape index (κ1) is 13.8. The lowest BCUT2D eigenvalue weighted by molar-refractivity contribution is -0.138. The molecule has 1 N–H and O–H groups in total. The molecule has 1 amide bonds. The van der Waals surface area contributed by atoms with Crippen molar-refractivity contribution in [3.05, 3.63) is 0 Å². The summed E-state index contributed by atoms with van der Waals surface area (Å²) in [5.41, 5.74) is 0. The van der Waals surface area contributed by atoms with Gasteiger partial charge in [-0.3, -0.25) is 9.69 Å². The molecule has 0 spiro atoms. The highest BCUT2D eigenvalue weighted by molar-refractivity contribution is 5.79. The van der Waals surface area contributed by atoms with Crippen LogP contribution in [0.4, 0.5) is 0 Å². The summed E-state index contributed by atoms with van der Waals surface area (Å²) in [4.78, 5) is 16.9. The fraction of sp³-hybridized carbons (Fsp3) is 0.929. The SMILES string of the molecule is CC1CCCC(C)N1C(=O)CN1CCN[C@@H](C)C1. The van der Waals surface area contributed by atoms with Crippen LogP contribution in [-0.2, 0) is 4.79 Å². The number of nitrogens with zero attached hydrogens (tertiary/aromatic N) is 2. The van der Waals surface area contributed by atoms with E-state index in [1.807, 2.05) is 0 Å². The first-order chi connectivity index (χ1) is 8.58. The average molecular weight is 253 g/mol. The molecule has 0 aromatic carbocycles. The van der Waals surface area contributed by atoms with Gasteiger partial charge in [-0.25, -0.2) is 0 Å². The van der Waals surface area contributed by atoms with E-state index in [4.69, 9.17) is 0 Å². The fourth-order valence-corrected chi connectivity index (χ4v) is 3.34. The molecule has 0 radical (unpaired) electrons. The van der Waals surface area contributed by atoms with Crippen LogP contribution in [0, 0.1) is 0 Å². The minimum atomic E-state index is 0.323. The van der Waals surface area contributed by atoms with Crippen LogP contribution in [0.15, 0.2) is 0 Å². The Bertz CT molecular complexity index is 285. The van der Waals surface area contributed by atoms with Crippen LogP contribution in [0.1, 0.15) is 40.0 Å². The van der Waals surface area contributed by atoms with Crippen molar-refractivity contribution in [1.29, 1.82) is 0 Å². The second-order valence-corrected chi connectivity index (χ2v) is 6.02. The summed E-state index contributed by atoms with van der Waals surface area (Å²) in [7, 11) is 0. The fourth-order valence-electron chi connectivity index (χ4n) is 3.34. The van der Waals surface area contributed by atoms with Crippen molar-refractivity contribution in [3.63, 3.8) is 0 Å². The van der Waals surface area contributed by atoms with Crippen LogP contribution >= 0.6 is 0 Å². The van der Waals surface area contributed by atoms with Gasteiger partial charge in [-0.15, -0.1) is 0 Å². The van der Waals surface area contributed by atoms with E-state index in [0.29, 0.717) is 30.6 Å². The Morgan fingerprint density at radius 2 is 1.89 bits per heavy atom. The number of rotatable bonds is 2. The summed E-state index contributed by atoms with van der Waals surface area (Å²) in [5.74, 6) is 0.323. The van der Waals surface area contributed by atoms with Crippen LogP contribution < -0.4 is 5.32 Å². The second kappa shape index (κ2) is 6.02. The maximum Gasteiger partial charge on any atom is 0.237 e. The van der Waals surface area contributed by atoms with E-state index < -0.39 is 0 Å². The first-order valence-electron chi connectivity index (χ1n) is 7.35. The van der Waals surface area contributed by atoms with E-state index in [9.17, 15) is 4.79 Å². The zero-order chi connectivity index (χ0) is 13.1. The van der Waals surface area contributed by atoms with Crippen molar-refractivity contribution in [2.45, 2.75) is 58.2 Å². The van der Waals surface area contributed by atoms with E-state index in [2.05, 4.69) is 35.9 Å².